The Morgan fingerprint density at radius 1 is 1.48 bits per heavy atom. The number of benzene rings is 1. The molecule has 4 nitrogen and oxygen atoms in total. The molecule has 0 spiro atoms. The van der Waals surface area contributed by atoms with E-state index in [0.29, 0.717) is 30.3 Å². The largest absolute Gasteiger partial charge is 0.466 e. The third-order valence-electron chi connectivity index (χ3n) is 3.50. The fourth-order valence-electron chi connectivity index (χ4n) is 2.43. The number of ether oxygens (including phenoxy) is 1. The van der Waals surface area contributed by atoms with Crippen LogP contribution < -0.4 is 0 Å². The van der Waals surface area contributed by atoms with E-state index in [9.17, 15) is 9.59 Å². The molecular weight excluding hydrogens is 358 g/mol. The van der Waals surface area contributed by atoms with E-state index in [1.54, 1.807) is 30.0 Å². The first-order valence-electron chi connectivity index (χ1n) is 6.94. The topological polar surface area (TPSA) is 46.6 Å². The maximum Gasteiger partial charge on any atom is 0.310 e. The molecule has 6 heteroatoms. The van der Waals surface area contributed by atoms with Gasteiger partial charge in [-0.15, -0.1) is 0 Å². The molecule has 1 aromatic carbocycles. The summed E-state index contributed by atoms with van der Waals surface area (Å²) >= 11 is 9.33. The maximum absolute atomic E-state index is 12.5. The van der Waals surface area contributed by atoms with E-state index in [-0.39, 0.29) is 17.8 Å². The average Bonchev–Trinajstić information content (AvgIpc) is 2.49. The summed E-state index contributed by atoms with van der Waals surface area (Å²) in [5.41, 5.74) is 0.535. The van der Waals surface area contributed by atoms with Gasteiger partial charge in [-0.3, -0.25) is 9.59 Å². The van der Waals surface area contributed by atoms with Crippen molar-refractivity contribution in [1.29, 1.82) is 0 Å². The molecule has 0 saturated carbocycles. The summed E-state index contributed by atoms with van der Waals surface area (Å²) in [6.07, 6.45) is 1.57. The molecule has 1 fully saturated rings. The molecule has 0 N–H and O–H groups in total. The van der Waals surface area contributed by atoms with Gasteiger partial charge in [-0.25, -0.2) is 0 Å². The number of nitrogens with zero attached hydrogens (tertiary/aromatic N) is 1. The third-order valence-corrected chi connectivity index (χ3v) is 4.73. The Hall–Kier alpha value is -1.07. The average molecular weight is 375 g/mol. The Kier molecular flexibility index (Phi) is 5.65. The van der Waals surface area contributed by atoms with Gasteiger partial charge in [0.2, 0.25) is 0 Å². The molecule has 114 valence electrons. The zero-order valence-corrected chi connectivity index (χ0v) is 14.1. The molecule has 0 unspecified atom stereocenters. The molecule has 1 aliphatic rings. The molecule has 2 rings (SSSR count). The van der Waals surface area contributed by atoms with Gasteiger partial charge in [0.05, 0.1) is 17.5 Å². The molecule has 0 aromatic heterocycles. The Balaban J connectivity index is 2.08. The summed E-state index contributed by atoms with van der Waals surface area (Å²) in [5, 5.41) is 0.500. The minimum absolute atomic E-state index is 0.0987. The standard InChI is InChI=1S/C15H17BrClNO3/c1-2-21-15(20)11-4-3-7-18(9-11)14(19)10-5-6-12(16)13(17)8-10/h5-6,8,11H,2-4,7,9H2,1H3/t11-/m1/s1. The molecule has 1 heterocycles. The van der Waals surface area contributed by atoms with Crippen molar-refractivity contribution in [3.8, 4) is 0 Å². The SMILES string of the molecule is CCOC(=O)[C@@H]1CCCN(C(=O)c2ccc(Br)c(Cl)c2)C1. The molecule has 1 atom stereocenters. The first-order valence-corrected chi connectivity index (χ1v) is 8.11. The number of rotatable bonds is 3. The van der Waals surface area contributed by atoms with Gasteiger partial charge >= 0.3 is 5.97 Å². The highest BCUT2D eigenvalue weighted by Gasteiger charge is 2.29. The fraction of sp³-hybridized carbons (Fsp3) is 0.467. The van der Waals surface area contributed by atoms with Crippen LogP contribution in [0, 0.1) is 5.92 Å². The number of carbonyl (C=O) groups is 2. The predicted octanol–water partition coefficient (Wildman–Crippen LogP) is 3.52. The number of hydrogen-bond acceptors (Lipinski definition) is 3. The van der Waals surface area contributed by atoms with Gasteiger partial charge in [0.25, 0.3) is 5.91 Å². The van der Waals surface area contributed by atoms with Crippen molar-refractivity contribution in [3.05, 3.63) is 33.3 Å². The van der Waals surface area contributed by atoms with Crippen molar-refractivity contribution in [2.24, 2.45) is 5.92 Å². The molecule has 0 bridgehead atoms. The molecule has 1 aliphatic heterocycles. The van der Waals surface area contributed by atoms with Crippen molar-refractivity contribution in [1.82, 2.24) is 4.90 Å². The summed E-state index contributed by atoms with van der Waals surface area (Å²) in [6.45, 7) is 3.22. The van der Waals surface area contributed by atoms with Crippen molar-refractivity contribution in [2.75, 3.05) is 19.7 Å². The normalized spacial score (nSPS) is 18.4. The fourth-order valence-corrected chi connectivity index (χ4v) is 2.85. The Morgan fingerprint density at radius 3 is 2.90 bits per heavy atom. The first kappa shape index (κ1) is 16.3. The Labute approximate surface area is 137 Å². The number of esters is 1. The second kappa shape index (κ2) is 7.27. The van der Waals surface area contributed by atoms with E-state index in [0.717, 1.165) is 17.3 Å². The quantitative estimate of drug-likeness (QED) is 0.761. The smallest absolute Gasteiger partial charge is 0.310 e. The van der Waals surface area contributed by atoms with E-state index < -0.39 is 0 Å². The lowest BCUT2D eigenvalue weighted by Gasteiger charge is -2.31. The van der Waals surface area contributed by atoms with Crippen LogP contribution in [-0.2, 0) is 9.53 Å². The van der Waals surface area contributed by atoms with E-state index in [1.165, 1.54) is 0 Å². The number of amides is 1. The monoisotopic (exact) mass is 373 g/mol. The Bertz CT molecular complexity index is 550. The van der Waals surface area contributed by atoms with Gasteiger partial charge < -0.3 is 9.64 Å². The van der Waals surface area contributed by atoms with E-state index >= 15 is 0 Å². The van der Waals surface area contributed by atoms with Crippen LogP contribution in [0.1, 0.15) is 30.1 Å². The predicted molar refractivity (Wildman–Crippen MR) is 84.4 cm³/mol. The molecule has 21 heavy (non-hydrogen) atoms. The Morgan fingerprint density at radius 2 is 2.24 bits per heavy atom. The van der Waals surface area contributed by atoms with Crippen LogP contribution in [-0.4, -0.2) is 36.5 Å². The van der Waals surface area contributed by atoms with E-state index in [4.69, 9.17) is 16.3 Å². The highest BCUT2D eigenvalue weighted by atomic mass is 79.9. The minimum Gasteiger partial charge on any atom is -0.466 e. The summed E-state index contributed by atoms with van der Waals surface area (Å²) in [5.74, 6) is -0.546. The lowest BCUT2D eigenvalue weighted by Crippen LogP contribution is -2.42. The van der Waals surface area contributed by atoms with Gasteiger partial charge in [0.1, 0.15) is 0 Å². The zero-order chi connectivity index (χ0) is 15.4. The van der Waals surface area contributed by atoms with Crippen LogP contribution in [0.3, 0.4) is 0 Å². The summed E-state index contributed by atoms with van der Waals surface area (Å²) in [6, 6.07) is 5.12. The summed E-state index contributed by atoms with van der Waals surface area (Å²) < 4.78 is 5.80. The molecule has 1 aromatic rings. The van der Waals surface area contributed by atoms with Gasteiger partial charge in [-0.05, 0) is 53.9 Å². The van der Waals surface area contributed by atoms with Gasteiger partial charge in [0.15, 0.2) is 0 Å². The zero-order valence-electron chi connectivity index (χ0n) is 11.8. The van der Waals surface area contributed by atoms with Crippen LogP contribution in [0.15, 0.2) is 22.7 Å². The summed E-state index contributed by atoms with van der Waals surface area (Å²) in [4.78, 5) is 26.0. The van der Waals surface area contributed by atoms with Crippen molar-refractivity contribution in [3.63, 3.8) is 0 Å². The van der Waals surface area contributed by atoms with Crippen LogP contribution in [0.25, 0.3) is 0 Å². The number of halogens is 2. The summed E-state index contributed by atoms with van der Waals surface area (Å²) in [7, 11) is 0. The first-order chi connectivity index (χ1) is 10.0. The number of likely N-dealkylation sites (tertiary alicyclic amines) is 1. The molecule has 1 saturated heterocycles. The van der Waals surface area contributed by atoms with Crippen molar-refractivity contribution < 1.29 is 14.3 Å². The number of carbonyl (C=O) groups excluding carboxylic acids is 2. The van der Waals surface area contributed by atoms with Crippen LogP contribution >= 0.6 is 27.5 Å². The van der Waals surface area contributed by atoms with Crippen molar-refractivity contribution in [2.45, 2.75) is 19.8 Å². The van der Waals surface area contributed by atoms with Gasteiger partial charge in [-0.2, -0.15) is 0 Å². The highest BCUT2D eigenvalue weighted by molar-refractivity contribution is 9.10. The second-order valence-electron chi connectivity index (χ2n) is 4.97. The number of hydrogen-bond donors (Lipinski definition) is 0. The molecule has 0 aliphatic carbocycles. The lowest BCUT2D eigenvalue weighted by molar-refractivity contribution is -0.149. The van der Waals surface area contributed by atoms with E-state index in [1.807, 2.05) is 0 Å². The highest BCUT2D eigenvalue weighted by Crippen LogP contribution is 2.25. The third kappa shape index (κ3) is 3.98. The van der Waals surface area contributed by atoms with Crippen LogP contribution in [0.2, 0.25) is 5.02 Å². The lowest BCUT2D eigenvalue weighted by atomic mass is 9.97. The molecule has 0 radical (unpaired) electrons. The maximum atomic E-state index is 12.5. The van der Waals surface area contributed by atoms with Crippen LogP contribution in [0.4, 0.5) is 0 Å². The molecular formula is C15H17BrClNO3. The van der Waals surface area contributed by atoms with Gasteiger partial charge in [-0.1, -0.05) is 11.6 Å². The molecule has 1 amide bonds. The minimum atomic E-state index is -0.228. The van der Waals surface area contributed by atoms with Crippen molar-refractivity contribution >= 4 is 39.4 Å². The number of piperidine rings is 1. The van der Waals surface area contributed by atoms with E-state index in [2.05, 4.69) is 15.9 Å². The van der Waals surface area contributed by atoms with Crippen LogP contribution in [0.5, 0.6) is 0 Å². The second-order valence-corrected chi connectivity index (χ2v) is 6.23. The van der Waals surface area contributed by atoms with Gasteiger partial charge in [0, 0.05) is 23.1 Å².